The fourth-order valence-corrected chi connectivity index (χ4v) is 1.69. The van der Waals surface area contributed by atoms with Gasteiger partial charge in [0.1, 0.15) is 0 Å². The van der Waals surface area contributed by atoms with Crippen LogP contribution < -0.4 is 5.32 Å². The van der Waals surface area contributed by atoms with Gasteiger partial charge in [-0.25, -0.2) is 4.79 Å². The first kappa shape index (κ1) is 17.3. The van der Waals surface area contributed by atoms with Crippen molar-refractivity contribution in [2.24, 2.45) is 0 Å². The minimum absolute atomic E-state index is 0.120. The number of carbonyl (C=O) groups excluding carboxylic acids is 1. The molecule has 0 unspecified atom stereocenters. The Hall–Kier alpha value is -1.70. The SMILES string of the molecule is C#CCN(CCC)C(=O)NCCCCCCC(=O)O. The molecule has 0 aromatic rings. The summed E-state index contributed by atoms with van der Waals surface area (Å²) in [5.74, 6) is 1.72. The second-order valence-corrected chi connectivity index (χ2v) is 4.42. The van der Waals surface area contributed by atoms with Gasteiger partial charge in [-0.1, -0.05) is 25.7 Å². The number of terminal acetylenes is 1. The zero-order valence-corrected chi connectivity index (χ0v) is 11.7. The summed E-state index contributed by atoms with van der Waals surface area (Å²) in [7, 11) is 0. The Morgan fingerprint density at radius 1 is 1.26 bits per heavy atom. The molecule has 0 spiro atoms. The van der Waals surface area contributed by atoms with Gasteiger partial charge in [0.25, 0.3) is 0 Å². The average Bonchev–Trinajstić information content (AvgIpc) is 2.36. The smallest absolute Gasteiger partial charge is 0.318 e. The summed E-state index contributed by atoms with van der Waals surface area (Å²) < 4.78 is 0. The van der Waals surface area contributed by atoms with Crippen molar-refractivity contribution in [1.82, 2.24) is 10.2 Å². The van der Waals surface area contributed by atoms with Crippen molar-refractivity contribution in [2.75, 3.05) is 19.6 Å². The summed E-state index contributed by atoms with van der Waals surface area (Å²) in [6.07, 6.45) is 9.68. The van der Waals surface area contributed by atoms with E-state index >= 15 is 0 Å². The first-order valence-corrected chi connectivity index (χ1v) is 6.79. The lowest BCUT2D eigenvalue weighted by molar-refractivity contribution is -0.137. The minimum atomic E-state index is -0.752. The number of urea groups is 1. The Kier molecular flexibility index (Phi) is 10.4. The first-order valence-electron chi connectivity index (χ1n) is 6.79. The zero-order chi connectivity index (χ0) is 14.5. The summed E-state index contributed by atoms with van der Waals surface area (Å²) in [5, 5.41) is 11.3. The molecule has 0 aliphatic carbocycles. The molecule has 0 saturated heterocycles. The second kappa shape index (κ2) is 11.4. The normalized spacial score (nSPS) is 9.68. The zero-order valence-electron chi connectivity index (χ0n) is 11.7. The predicted molar refractivity (Wildman–Crippen MR) is 74.8 cm³/mol. The number of amides is 2. The molecule has 0 aliphatic heterocycles. The van der Waals surface area contributed by atoms with Crippen molar-refractivity contribution < 1.29 is 14.7 Å². The number of carboxylic acids is 1. The third-order valence-electron chi connectivity index (χ3n) is 2.66. The summed E-state index contributed by atoms with van der Waals surface area (Å²) in [5.41, 5.74) is 0. The highest BCUT2D eigenvalue weighted by molar-refractivity contribution is 5.74. The molecule has 0 aliphatic rings. The van der Waals surface area contributed by atoms with Crippen LogP contribution in [0.25, 0.3) is 0 Å². The van der Waals surface area contributed by atoms with E-state index in [1.165, 1.54) is 0 Å². The van der Waals surface area contributed by atoms with E-state index in [1.54, 1.807) is 4.90 Å². The van der Waals surface area contributed by atoms with E-state index in [0.717, 1.165) is 25.7 Å². The molecule has 0 saturated carbocycles. The van der Waals surface area contributed by atoms with E-state index in [0.29, 0.717) is 26.1 Å². The summed E-state index contributed by atoms with van der Waals surface area (Å²) >= 11 is 0. The summed E-state index contributed by atoms with van der Waals surface area (Å²) in [6, 6.07) is -0.120. The minimum Gasteiger partial charge on any atom is -0.481 e. The lowest BCUT2D eigenvalue weighted by atomic mass is 10.1. The van der Waals surface area contributed by atoms with Gasteiger partial charge in [0.2, 0.25) is 0 Å². The largest absolute Gasteiger partial charge is 0.481 e. The third kappa shape index (κ3) is 9.95. The lowest BCUT2D eigenvalue weighted by Crippen LogP contribution is -2.41. The Labute approximate surface area is 115 Å². The van der Waals surface area contributed by atoms with Crippen LogP contribution in [0.4, 0.5) is 4.79 Å². The van der Waals surface area contributed by atoms with Crippen LogP contribution in [0.5, 0.6) is 0 Å². The van der Waals surface area contributed by atoms with Crippen molar-refractivity contribution in [3.63, 3.8) is 0 Å². The van der Waals surface area contributed by atoms with Crippen molar-refractivity contribution in [2.45, 2.75) is 45.4 Å². The van der Waals surface area contributed by atoms with Crippen LogP contribution in [0, 0.1) is 12.3 Å². The molecule has 0 heterocycles. The number of carbonyl (C=O) groups is 2. The molecule has 0 aromatic carbocycles. The number of rotatable bonds is 10. The molecule has 5 heteroatoms. The van der Waals surface area contributed by atoms with E-state index in [1.807, 2.05) is 6.92 Å². The van der Waals surface area contributed by atoms with Gasteiger partial charge in [0, 0.05) is 19.5 Å². The number of aliphatic carboxylic acids is 1. The van der Waals surface area contributed by atoms with Crippen LogP contribution in [-0.4, -0.2) is 41.6 Å². The quantitative estimate of drug-likeness (QED) is 0.471. The molecule has 19 heavy (non-hydrogen) atoms. The second-order valence-electron chi connectivity index (χ2n) is 4.42. The fourth-order valence-electron chi connectivity index (χ4n) is 1.69. The van der Waals surface area contributed by atoms with Crippen LogP contribution in [0.2, 0.25) is 0 Å². The Balaban J connectivity index is 3.61. The van der Waals surface area contributed by atoms with Crippen LogP contribution >= 0.6 is 0 Å². The monoisotopic (exact) mass is 268 g/mol. The first-order chi connectivity index (χ1) is 9.11. The van der Waals surface area contributed by atoms with Crippen LogP contribution in [0.1, 0.15) is 45.4 Å². The maximum absolute atomic E-state index is 11.7. The molecule has 0 aromatic heterocycles. The maximum atomic E-state index is 11.7. The highest BCUT2D eigenvalue weighted by Gasteiger charge is 2.09. The number of unbranched alkanes of at least 4 members (excludes halogenated alkanes) is 3. The van der Waals surface area contributed by atoms with Crippen LogP contribution in [0.15, 0.2) is 0 Å². The van der Waals surface area contributed by atoms with Gasteiger partial charge in [-0.05, 0) is 19.3 Å². The van der Waals surface area contributed by atoms with Gasteiger partial charge >= 0.3 is 12.0 Å². The van der Waals surface area contributed by atoms with Crippen LogP contribution in [-0.2, 0) is 4.79 Å². The molecule has 5 nitrogen and oxygen atoms in total. The molecular formula is C14H24N2O3. The van der Waals surface area contributed by atoms with E-state index in [-0.39, 0.29) is 12.5 Å². The van der Waals surface area contributed by atoms with Gasteiger partial charge in [-0.3, -0.25) is 4.79 Å². The van der Waals surface area contributed by atoms with Crippen LogP contribution in [0.3, 0.4) is 0 Å². The summed E-state index contributed by atoms with van der Waals surface area (Å²) in [4.78, 5) is 23.7. The molecule has 0 atom stereocenters. The molecule has 0 rings (SSSR count). The number of hydrogen-bond acceptors (Lipinski definition) is 2. The highest BCUT2D eigenvalue weighted by Crippen LogP contribution is 2.02. The number of nitrogens with zero attached hydrogens (tertiary/aromatic N) is 1. The Morgan fingerprint density at radius 2 is 1.95 bits per heavy atom. The van der Waals surface area contributed by atoms with Crippen molar-refractivity contribution >= 4 is 12.0 Å². The molecule has 108 valence electrons. The molecule has 0 fully saturated rings. The Bertz CT molecular complexity index is 310. The standard InChI is InChI=1S/C14H24N2O3/c1-3-11-16(12-4-2)14(19)15-10-8-6-5-7-9-13(17)18/h1H,4-12H2,2H3,(H,15,19)(H,17,18). The molecular weight excluding hydrogens is 244 g/mol. The van der Waals surface area contributed by atoms with Crippen molar-refractivity contribution in [1.29, 1.82) is 0 Å². The number of hydrogen-bond donors (Lipinski definition) is 2. The van der Waals surface area contributed by atoms with Crippen molar-refractivity contribution in [3.8, 4) is 12.3 Å². The lowest BCUT2D eigenvalue weighted by Gasteiger charge is -2.19. The molecule has 0 radical (unpaired) electrons. The molecule has 2 N–H and O–H groups in total. The van der Waals surface area contributed by atoms with E-state index in [9.17, 15) is 9.59 Å². The predicted octanol–water partition coefficient (Wildman–Crippen LogP) is 2.08. The van der Waals surface area contributed by atoms with Gasteiger partial charge in [0.05, 0.1) is 6.54 Å². The Morgan fingerprint density at radius 3 is 2.53 bits per heavy atom. The maximum Gasteiger partial charge on any atom is 0.318 e. The third-order valence-corrected chi connectivity index (χ3v) is 2.66. The highest BCUT2D eigenvalue weighted by atomic mass is 16.4. The summed E-state index contributed by atoms with van der Waals surface area (Å²) in [6.45, 7) is 3.60. The fraction of sp³-hybridized carbons (Fsp3) is 0.714. The number of nitrogens with one attached hydrogen (secondary N) is 1. The van der Waals surface area contributed by atoms with Gasteiger partial charge in [0.15, 0.2) is 0 Å². The molecule has 2 amide bonds. The number of carboxylic acid groups (broad SMARTS) is 1. The molecule has 0 bridgehead atoms. The topological polar surface area (TPSA) is 69.6 Å². The van der Waals surface area contributed by atoms with Gasteiger partial charge < -0.3 is 15.3 Å². The average molecular weight is 268 g/mol. The van der Waals surface area contributed by atoms with E-state index in [2.05, 4.69) is 11.2 Å². The van der Waals surface area contributed by atoms with E-state index < -0.39 is 5.97 Å². The van der Waals surface area contributed by atoms with Crippen molar-refractivity contribution in [3.05, 3.63) is 0 Å². The van der Waals surface area contributed by atoms with Gasteiger partial charge in [-0.2, -0.15) is 0 Å². The van der Waals surface area contributed by atoms with Gasteiger partial charge in [-0.15, -0.1) is 6.42 Å². The van der Waals surface area contributed by atoms with E-state index in [4.69, 9.17) is 11.5 Å².